The molecule has 3 heteroatoms. The molecule has 1 N–H and O–H groups in total. The van der Waals surface area contributed by atoms with Crippen LogP contribution in [0.4, 0.5) is 0 Å². The highest BCUT2D eigenvalue weighted by Gasteiger charge is 1.87. The van der Waals surface area contributed by atoms with Crippen LogP contribution in [0.5, 0.6) is 0 Å². The van der Waals surface area contributed by atoms with Gasteiger partial charge < -0.3 is 10.1 Å². The molecule has 0 aromatic carbocycles. The third-order valence-corrected chi connectivity index (χ3v) is 2.00. The number of rotatable bonds is 8. The molecule has 0 heterocycles. The predicted molar refractivity (Wildman–Crippen MR) is 52.4 cm³/mol. The summed E-state index contributed by atoms with van der Waals surface area (Å²) in [4.78, 5) is 0. The van der Waals surface area contributed by atoms with E-state index in [-0.39, 0.29) is 0 Å². The van der Waals surface area contributed by atoms with Crippen LogP contribution in [0.2, 0.25) is 0 Å². The minimum absolute atomic E-state index is 0.867. The second-order valence-electron chi connectivity index (χ2n) is 2.49. The molecule has 11 heavy (non-hydrogen) atoms. The Hall–Kier alpha value is 0.400. The van der Waals surface area contributed by atoms with Crippen molar-refractivity contribution < 1.29 is 4.74 Å². The van der Waals surface area contributed by atoms with E-state index in [9.17, 15) is 0 Å². The molecule has 0 aliphatic rings. The Kier molecular flexibility index (Phi) is 10.8. The first-order valence-corrected chi connectivity index (χ1v) is 5.29. The van der Waals surface area contributed by atoms with Crippen LogP contribution in [0.1, 0.15) is 19.3 Å². The number of halogens is 1. The number of alkyl halides is 1. The van der Waals surface area contributed by atoms with Gasteiger partial charge in [0.15, 0.2) is 0 Å². The Labute approximate surface area is 77.8 Å². The summed E-state index contributed by atoms with van der Waals surface area (Å²) in [5.74, 6) is 0. The van der Waals surface area contributed by atoms with Gasteiger partial charge in [-0.25, -0.2) is 0 Å². The maximum Gasteiger partial charge on any atom is 0.0474 e. The smallest absolute Gasteiger partial charge is 0.0474 e. The van der Waals surface area contributed by atoms with Gasteiger partial charge in [-0.2, -0.15) is 0 Å². The first-order valence-electron chi connectivity index (χ1n) is 4.17. The van der Waals surface area contributed by atoms with Crippen LogP contribution in [0, 0.1) is 0 Å². The van der Waals surface area contributed by atoms with E-state index in [0.717, 1.165) is 31.4 Å². The van der Waals surface area contributed by atoms with Gasteiger partial charge in [0.1, 0.15) is 0 Å². The third-order valence-electron chi connectivity index (χ3n) is 1.44. The van der Waals surface area contributed by atoms with Gasteiger partial charge in [-0.1, -0.05) is 15.9 Å². The van der Waals surface area contributed by atoms with Crippen LogP contribution in [0.25, 0.3) is 0 Å². The van der Waals surface area contributed by atoms with Crippen molar-refractivity contribution in [3.05, 3.63) is 0 Å². The van der Waals surface area contributed by atoms with Gasteiger partial charge in [0, 0.05) is 19.0 Å². The SMILES string of the molecule is COCCCNCCCCBr. The summed E-state index contributed by atoms with van der Waals surface area (Å²) in [6.45, 7) is 3.08. The zero-order valence-electron chi connectivity index (χ0n) is 7.24. The molecule has 0 amide bonds. The first-order chi connectivity index (χ1) is 5.41. The van der Waals surface area contributed by atoms with E-state index in [0.29, 0.717) is 0 Å². The van der Waals surface area contributed by atoms with Crippen LogP contribution in [-0.2, 0) is 4.74 Å². The average molecular weight is 224 g/mol. The summed E-state index contributed by atoms with van der Waals surface area (Å²) in [5.41, 5.74) is 0. The largest absolute Gasteiger partial charge is 0.385 e. The van der Waals surface area contributed by atoms with Crippen molar-refractivity contribution in [3.8, 4) is 0 Å². The highest BCUT2D eigenvalue weighted by molar-refractivity contribution is 9.09. The molecule has 0 radical (unpaired) electrons. The van der Waals surface area contributed by atoms with Crippen molar-refractivity contribution in [2.45, 2.75) is 19.3 Å². The molecule has 0 saturated carbocycles. The molecule has 0 atom stereocenters. The van der Waals surface area contributed by atoms with Crippen LogP contribution in [-0.4, -0.2) is 32.1 Å². The fraction of sp³-hybridized carbons (Fsp3) is 1.00. The average Bonchev–Trinajstić information content (AvgIpc) is 2.03. The highest BCUT2D eigenvalue weighted by atomic mass is 79.9. The maximum absolute atomic E-state index is 4.92. The molecule has 0 saturated heterocycles. The molecule has 2 nitrogen and oxygen atoms in total. The van der Waals surface area contributed by atoms with Gasteiger partial charge >= 0.3 is 0 Å². The molecule has 0 spiro atoms. The lowest BCUT2D eigenvalue weighted by Crippen LogP contribution is -2.17. The van der Waals surface area contributed by atoms with E-state index < -0.39 is 0 Å². The molecule has 0 aliphatic carbocycles. The van der Waals surface area contributed by atoms with Gasteiger partial charge in [0.05, 0.1) is 0 Å². The van der Waals surface area contributed by atoms with Gasteiger partial charge in [-0.3, -0.25) is 0 Å². The second-order valence-corrected chi connectivity index (χ2v) is 3.29. The summed E-state index contributed by atoms with van der Waals surface area (Å²) in [7, 11) is 1.74. The minimum Gasteiger partial charge on any atom is -0.385 e. The number of methoxy groups -OCH3 is 1. The molecule has 0 aromatic heterocycles. The molecule has 0 fully saturated rings. The quantitative estimate of drug-likeness (QED) is 0.501. The van der Waals surface area contributed by atoms with Crippen molar-refractivity contribution in [1.82, 2.24) is 5.32 Å². The lowest BCUT2D eigenvalue weighted by Gasteiger charge is -2.02. The Morgan fingerprint density at radius 2 is 1.91 bits per heavy atom. The summed E-state index contributed by atoms with van der Waals surface area (Å²) in [6, 6.07) is 0. The van der Waals surface area contributed by atoms with Crippen LogP contribution in [0.3, 0.4) is 0 Å². The van der Waals surface area contributed by atoms with E-state index in [1.807, 2.05) is 0 Å². The monoisotopic (exact) mass is 223 g/mol. The lowest BCUT2D eigenvalue weighted by atomic mass is 10.3. The summed E-state index contributed by atoms with van der Waals surface area (Å²) >= 11 is 3.40. The van der Waals surface area contributed by atoms with E-state index in [1.54, 1.807) is 7.11 Å². The molecule has 0 bridgehead atoms. The Bertz CT molecular complexity index is 63.1. The van der Waals surface area contributed by atoms with Gasteiger partial charge in [0.2, 0.25) is 0 Å². The normalized spacial score (nSPS) is 10.4. The van der Waals surface area contributed by atoms with Crippen molar-refractivity contribution in [2.75, 3.05) is 32.1 Å². The number of hydrogen-bond donors (Lipinski definition) is 1. The van der Waals surface area contributed by atoms with E-state index in [4.69, 9.17) is 4.74 Å². The van der Waals surface area contributed by atoms with Gasteiger partial charge in [0.25, 0.3) is 0 Å². The Balaban J connectivity index is 2.69. The van der Waals surface area contributed by atoms with Crippen molar-refractivity contribution in [3.63, 3.8) is 0 Å². The first kappa shape index (κ1) is 11.4. The minimum atomic E-state index is 0.867. The molecule has 0 rings (SSSR count). The molecule has 68 valence electrons. The van der Waals surface area contributed by atoms with Crippen molar-refractivity contribution in [2.24, 2.45) is 0 Å². The Morgan fingerprint density at radius 1 is 1.18 bits per heavy atom. The van der Waals surface area contributed by atoms with Crippen LogP contribution >= 0.6 is 15.9 Å². The predicted octanol–water partition coefficient (Wildman–Crippen LogP) is 1.79. The summed E-state index contributed by atoms with van der Waals surface area (Å²) in [6.07, 6.45) is 3.64. The van der Waals surface area contributed by atoms with E-state index >= 15 is 0 Å². The lowest BCUT2D eigenvalue weighted by molar-refractivity contribution is 0.194. The summed E-state index contributed by atoms with van der Waals surface area (Å²) in [5, 5.41) is 4.47. The zero-order valence-corrected chi connectivity index (χ0v) is 8.82. The summed E-state index contributed by atoms with van der Waals surface area (Å²) < 4.78 is 4.92. The number of nitrogens with one attached hydrogen (secondary N) is 1. The maximum atomic E-state index is 4.92. The van der Waals surface area contributed by atoms with Crippen LogP contribution in [0.15, 0.2) is 0 Å². The molecular formula is C8H18BrNO. The second kappa shape index (κ2) is 10.4. The topological polar surface area (TPSA) is 21.3 Å². The molecule has 0 unspecified atom stereocenters. The molecular weight excluding hydrogens is 206 g/mol. The Morgan fingerprint density at radius 3 is 2.55 bits per heavy atom. The number of unbranched alkanes of at least 4 members (excludes halogenated alkanes) is 1. The molecule has 0 aliphatic heterocycles. The zero-order chi connectivity index (χ0) is 8.36. The van der Waals surface area contributed by atoms with E-state index in [1.165, 1.54) is 12.8 Å². The standard InChI is InChI=1S/C8H18BrNO/c1-11-8-4-7-10-6-3-2-5-9/h10H,2-8H2,1H3. The van der Waals surface area contributed by atoms with Gasteiger partial charge in [-0.15, -0.1) is 0 Å². The number of ether oxygens (including phenoxy) is 1. The van der Waals surface area contributed by atoms with Gasteiger partial charge in [-0.05, 0) is 32.4 Å². The third kappa shape index (κ3) is 10.4. The highest BCUT2D eigenvalue weighted by Crippen LogP contribution is 1.91. The van der Waals surface area contributed by atoms with Crippen molar-refractivity contribution in [1.29, 1.82) is 0 Å². The van der Waals surface area contributed by atoms with Crippen molar-refractivity contribution >= 4 is 15.9 Å². The fourth-order valence-electron chi connectivity index (χ4n) is 0.811. The molecule has 0 aromatic rings. The van der Waals surface area contributed by atoms with Crippen LogP contribution < -0.4 is 5.32 Å². The number of hydrogen-bond acceptors (Lipinski definition) is 2. The van der Waals surface area contributed by atoms with E-state index in [2.05, 4.69) is 21.2 Å². The fourth-order valence-corrected chi connectivity index (χ4v) is 1.21.